The van der Waals surface area contributed by atoms with E-state index in [0.717, 1.165) is 5.56 Å². The van der Waals surface area contributed by atoms with Crippen LogP contribution in [-0.4, -0.2) is 22.8 Å². The number of carbonyl (C=O) groups is 2. The van der Waals surface area contributed by atoms with Crippen molar-refractivity contribution in [3.05, 3.63) is 29.8 Å². The van der Waals surface area contributed by atoms with Crippen LogP contribution in [0.25, 0.3) is 0 Å². The Kier molecular flexibility index (Phi) is 5.13. The minimum atomic E-state index is -0.819. The van der Waals surface area contributed by atoms with Gasteiger partial charge in [0.1, 0.15) is 5.60 Å². The Morgan fingerprint density at radius 3 is 2.25 bits per heavy atom. The molecular formula is C15H21NO4. The van der Waals surface area contributed by atoms with Gasteiger partial charge in [-0.15, -0.1) is 0 Å². The third-order valence-corrected chi connectivity index (χ3v) is 2.56. The fourth-order valence-electron chi connectivity index (χ4n) is 1.59. The van der Waals surface area contributed by atoms with Gasteiger partial charge in [-0.05, 0) is 44.9 Å². The van der Waals surface area contributed by atoms with Crippen LogP contribution in [0.15, 0.2) is 24.3 Å². The molecule has 1 unspecified atom stereocenters. The van der Waals surface area contributed by atoms with E-state index in [1.165, 1.54) is 0 Å². The summed E-state index contributed by atoms with van der Waals surface area (Å²) in [4.78, 5) is 22.3. The highest BCUT2D eigenvalue weighted by Gasteiger charge is 2.16. The molecule has 1 aromatic rings. The molecule has 1 aromatic carbocycles. The molecule has 5 heteroatoms. The first-order valence-electron chi connectivity index (χ1n) is 6.49. The molecule has 2 N–H and O–H groups in total. The Balaban J connectivity index is 2.59. The first kappa shape index (κ1) is 16.0. The smallest absolute Gasteiger partial charge is 0.412 e. The second kappa shape index (κ2) is 6.41. The van der Waals surface area contributed by atoms with E-state index in [1.807, 2.05) is 0 Å². The van der Waals surface area contributed by atoms with Gasteiger partial charge in [0.05, 0.1) is 5.92 Å². The molecule has 0 heterocycles. The number of amides is 1. The fraction of sp³-hybridized carbons (Fsp3) is 0.467. The Bertz CT molecular complexity index is 474. The summed E-state index contributed by atoms with van der Waals surface area (Å²) in [6.45, 7) is 7.05. The van der Waals surface area contributed by atoms with Crippen LogP contribution in [0.5, 0.6) is 0 Å². The van der Waals surface area contributed by atoms with Crippen LogP contribution in [-0.2, 0) is 16.0 Å². The van der Waals surface area contributed by atoms with Gasteiger partial charge in [0.15, 0.2) is 0 Å². The lowest BCUT2D eigenvalue weighted by atomic mass is 10.0. The molecule has 0 aromatic heterocycles. The van der Waals surface area contributed by atoms with Crippen molar-refractivity contribution < 1.29 is 19.4 Å². The summed E-state index contributed by atoms with van der Waals surface area (Å²) in [6.07, 6.45) is -0.0497. The third kappa shape index (κ3) is 5.73. The monoisotopic (exact) mass is 279 g/mol. The number of aliphatic carboxylic acids is 1. The maximum Gasteiger partial charge on any atom is 0.412 e. The summed E-state index contributed by atoms with van der Waals surface area (Å²) in [6, 6.07) is 7.06. The van der Waals surface area contributed by atoms with Crippen molar-refractivity contribution in [2.75, 3.05) is 5.32 Å². The number of carboxylic acid groups (broad SMARTS) is 1. The van der Waals surface area contributed by atoms with Gasteiger partial charge < -0.3 is 9.84 Å². The Labute approximate surface area is 118 Å². The SMILES string of the molecule is CC(Cc1ccc(NC(=O)OC(C)(C)C)cc1)C(=O)O. The van der Waals surface area contributed by atoms with Gasteiger partial charge in [-0.3, -0.25) is 10.1 Å². The van der Waals surface area contributed by atoms with Crippen molar-refractivity contribution in [2.45, 2.75) is 39.7 Å². The van der Waals surface area contributed by atoms with E-state index >= 15 is 0 Å². The van der Waals surface area contributed by atoms with Crippen molar-refractivity contribution in [1.82, 2.24) is 0 Å². The van der Waals surface area contributed by atoms with Gasteiger partial charge in [0.2, 0.25) is 0 Å². The zero-order chi connectivity index (χ0) is 15.3. The van der Waals surface area contributed by atoms with Gasteiger partial charge in [0, 0.05) is 5.69 Å². The molecule has 0 radical (unpaired) electrons. The number of hydrogen-bond donors (Lipinski definition) is 2. The van der Waals surface area contributed by atoms with Gasteiger partial charge in [-0.1, -0.05) is 19.1 Å². The van der Waals surface area contributed by atoms with Crippen LogP contribution >= 0.6 is 0 Å². The van der Waals surface area contributed by atoms with Crippen LogP contribution in [0.2, 0.25) is 0 Å². The maximum absolute atomic E-state index is 11.6. The second-order valence-corrected chi connectivity index (χ2v) is 5.77. The number of hydrogen-bond acceptors (Lipinski definition) is 3. The molecule has 0 aliphatic carbocycles. The van der Waals surface area contributed by atoms with Gasteiger partial charge in [-0.25, -0.2) is 4.79 Å². The van der Waals surface area contributed by atoms with E-state index in [-0.39, 0.29) is 0 Å². The zero-order valence-electron chi connectivity index (χ0n) is 12.3. The summed E-state index contributed by atoms with van der Waals surface area (Å²) in [5.74, 6) is -1.25. The van der Waals surface area contributed by atoms with E-state index in [2.05, 4.69) is 5.32 Å². The van der Waals surface area contributed by atoms with E-state index < -0.39 is 23.6 Å². The zero-order valence-corrected chi connectivity index (χ0v) is 12.3. The van der Waals surface area contributed by atoms with Crippen molar-refractivity contribution in [3.63, 3.8) is 0 Å². The standard InChI is InChI=1S/C15H21NO4/c1-10(13(17)18)9-11-5-7-12(8-6-11)16-14(19)20-15(2,3)4/h5-8,10H,9H2,1-4H3,(H,16,19)(H,17,18). The second-order valence-electron chi connectivity index (χ2n) is 5.77. The quantitative estimate of drug-likeness (QED) is 0.886. The number of nitrogens with one attached hydrogen (secondary N) is 1. The lowest BCUT2D eigenvalue weighted by molar-refractivity contribution is -0.141. The molecule has 1 rings (SSSR count). The average molecular weight is 279 g/mol. The fourth-order valence-corrected chi connectivity index (χ4v) is 1.59. The highest BCUT2D eigenvalue weighted by atomic mass is 16.6. The normalized spacial score (nSPS) is 12.6. The van der Waals surface area contributed by atoms with Gasteiger partial charge >= 0.3 is 12.1 Å². The minimum absolute atomic E-state index is 0.431. The average Bonchev–Trinajstić information content (AvgIpc) is 2.28. The number of carboxylic acids is 1. The highest BCUT2D eigenvalue weighted by Crippen LogP contribution is 2.15. The molecule has 110 valence electrons. The lowest BCUT2D eigenvalue weighted by Crippen LogP contribution is -2.27. The topological polar surface area (TPSA) is 75.6 Å². The minimum Gasteiger partial charge on any atom is -0.481 e. The van der Waals surface area contributed by atoms with Crippen LogP contribution in [0.4, 0.5) is 10.5 Å². The molecule has 0 saturated carbocycles. The molecule has 0 spiro atoms. The molecule has 5 nitrogen and oxygen atoms in total. The molecule has 0 fully saturated rings. The lowest BCUT2D eigenvalue weighted by Gasteiger charge is -2.19. The molecule has 0 aliphatic heterocycles. The molecule has 1 atom stereocenters. The van der Waals surface area contributed by atoms with Crippen molar-refractivity contribution in [3.8, 4) is 0 Å². The summed E-state index contributed by atoms with van der Waals surface area (Å²) in [7, 11) is 0. The number of benzene rings is 1. The van der Waals surface area contributed by atoms with E-state index in [0.29, 0.717) is 12.1 Å². The molecule has 1 amide bonds. The number of carbonyl (C=O) groups excluding carboxylic acids is 1. The van der Waals surface area contributed by atoms with Gasteiger partial charge in [0.25, 0.3) is 0 Å². The summed E-state index contributed by atoms with van der Waals surface area (Å²) in [5, 5.41) is 11.5. The van der Waals surface area contributed by atoms with E-state index in [9.17, 15) is 9.59 Å². The molecule has 0 saturated heterocycles. The van der Waals surface area contributed by atoms with Crippen LogP contribution in [0.1, 0.15) is 33.3 Å². The number of rotatable bonds is 4. The molecular weight excluding hydrogens is 258 g/mol. The third-order valence-electron chi connectivity index (χ3n) is 2.56. The van der Waals surface area contributed by atoms with E-state index in [4.69, 9.17) is 9.84 Å². The summed E-state index contributed by atoms with van der Waals surface area (Å²) < 4.78 is 5.14. The maximum atomic E-state index is 11.6. The predicted octanol–water partition coefficient (Wildman–Crippen LogP) is 3.30. The largest absolute Gasteiger partial charge is 0.481 e. The summed E-state index contributed by atoms with van der Waals surface area (Å²) in [5.41, 5.74) is 0.988. The summed E-state index contributed by atoms with van der Waals surface area (Å²) >= 11 is 0. The number of anilines is 1. The highest BCUT2D eigenvalue weighted by molar-refractivity contribution is 5.84. The molecule has 0 bridgehead atoms. The van der Waals surface area contributed by atoms with Crippen LogP contribution in [0, 0.1) is 5.92 Å². The van der Waals surface area contributed by atoms with Gasteiger partial charge in [-0.2, -0.15) is 0 Å². The molecule has 0 aliphatic rings. The first-order valence-corrected chi connectivity index (χ1v) is 6.49. The first-order chi connectivity index (χ1) is 9.17. The number of ether oxygens (including phenoxy) is 1. The Hall–Kier alpha value is -2.04. The van der Waals surface area contributed by atoms with Crippen molar-refractivity contribution in [2.24, 2.45) is 5.92 Å². The van der Waals surface area contributed by atoms with Crippen molar-refractivity contribution >= 4 is 17.7 Å². The molecule has 20 heavy (non-hydrogen) atoms. The van der Waals surface area contributed by atoms with Crippen LogP contribution in [0.3, 0.4) is 0 Å². The van der Waals surface area contributed by atoms with E-state index in [1.54, 1.807) is 52.0 Å². The van der Waals surface area contributed by atoms with Crippen molar-refractivity contribution in [1.29, 1.82) is 0 Å². The van der Waals surface area contributed by atoms with Crippen LogP contribution < -0.4 is 5.32 Å². The predicted molar refractivity (Wildman–Crippen MR) is 76.8 cm³/mol. The Morgan fingerprint density at radius 2 is 1.80 bits per heavy atom. The Morgan fingerprint density at radius 1 is 1.25 bits per heavy atom.